The lowest BCUT2D eigenvalue weighted by molar-refractivity contribution is -0.106. The molecule has 0 radical (unpaired) electrons. The van der Waals surface area contributed by atoms with Crippen LogP contribution >= 0.6 is 0 Å². The zero-order valence-corrected chi connectivity index (χ0v) is 26.0. The fraction of sp³-hybridized carbons (Fsp3) is 0. The van der Waals surface area contributed by atoms with Gasteiger partial charge >= 0.3 is 11.9 Å². The average molecular weight is 642 g/mol. The van der Waals surface area contributed by atoms with E-state index in [1.807, 2.05) is 72.8 Å². The normalized spacial score (nSPS) is 10.3. The van der Waals surface area contributed by atoms with Gasteiger partial charge in [-0.15, -0.1) is 6.42 Å². The van der Waals surface area contributed by atoms with Gasteiger partial charge in [-0.1, -0.05) is 90.8 Å². The zero-order valence-electron chi connectivity index (χ0n) is 26.0. The van der Waals surface area contributed by atoms with Gasteiger partial charge in [0.15, 0.2) is 0 Å². The van der Waals surface area contributed by atoms with Gasteiger partial charge < -0.3 is 9.47 Å². The van der Waals surface area contributed by atoms with Gasteiger partial charge in [0.2, 0.25) is 6.41 Å². The molecule has 0 spiro atoms. The van der Waals surface area contributed by atoms with Crippen molar-refractivity contribution in [2.75, 3.05) is 4.90 Å². The number of terminal acetylenes is 1. The molecule has 0 atom stereocenters. The average Bonchev–Trinajstić information content (AvgIpc) is 3.16. The predicted molar refractivity (Wildman–Crippen MR) is 187 cm³/mol. The van der Waals surface area contributed by atoms with Crippen molar-refractivity contribution in [1.82, 2.24) is 0 Å². The molecule has 0 aliphatic rings. The number of hydrogen-bond donors (Lipinski definition) is 0. The lowest BCUT2D eigenvalue weighted by atomic mass is 10.1. The zero-order chi connectivity index (χ0) is 34.2. The quantitative estimate of drug-likeness (QED) is 0.0684. The number of ether oxygens (including phenoxy) is 2. The first-order valence-corrected chi connectivity index (χ1v) is 15.2. The summed E-state index contributed by atoms with van der Waals surface area (Å²) < 4.78 is 11.4. The number of esters is 2. The Hall–Kier alpha value is -7.04. The van der Waals surface area contributed by atoms with Crippen molar-refractivity contribution < 1.29 is 28.7 Å². The Kier molecular flexibility index (Phi) is 9.50. The summed E-state index contributed by atoms with van der Waals surface area (Å²) >= 11 is 0. The molecule has 7 heteroatoms. The summed E-state index contributed by atoms with van der Waals surface area (Å²) in [5.41, 5.74) is 4.02. The van der Waals surface area contributed by atoms with Gasteiger partial charge in [-0.2, -0.15) is 0 Å². The van der Waals surface area contributed by atoms with Crippen molar-refractivity contribution in [2.24, 2.45) is 0 Å². The highest BCUT2D eigenvalue weighted by molar-refractivity contribution is 6.16. The van der Waals surface area contributed by atoms with Gasteiger partial charge in [0.25, 0.3) is 5.91 Å². The second-order valence-corrected chi connectivity index (χ2v) is 10.8. The van der Waals surface area contributed by atoms with Crippen molar-refractivity contribution in [3.8, 4) is 46.1 Å². The summed E-state index contributed by atoms with van der Waals surface area (Å²) in [5.74, 6) is 0.664. The third kappa shape index (κ3) is 7.51. The Morgan fingerprint density at radius 2 is 1.00 bits per heavy atom. The predicted octanol–water partition coefficient (Wildman–Crippen LogP) is 8.24. The van der Waals surface area contributed by atoms with Gasteiger partial charge in [0.1, 0.15) is 11.5 Å². The molecule has 0 unspecified atom stereocenters. The van der Waals surface area contributed by atoms with E-state index in [1.54, 1.807) is 48.5 Å². The molecular weight excluding hydrogens is 614 g/mol. The maximum Gasteiger partial charge on any atom is 0.343 e. The molecule has 6 aromatic rings. The maximum absolute atomic E-state index is 13.6. The minimum absolute atomic E-state index is 0.0431. The highest BCUT2D eigenvalue weighted by atomic mass is 16.5. The largest absolute Gasteiger partial charge is 0.423 e. The van der Waals surface area contributed by atoms with Crippen LogP contribution in [0.2, 0.25) is 0 Å². The molecule has 0 fully saturated rings. The number of nitrogens with zero attached hydrogens (tertiary/aromatic N) is 1. The first kappa shape index (κ1) is 31.9. The van der Waals surface area contributed by atoms with Crippen LogP contribution in [-0.4, -0.2) is 24.3 Å². The van der Waals surface area contributed by atoms with Crippen LogP contribution in [0, 0.1) is 12.3 Å². The first-order chi connectivity index (χ1) is 23.9. The molecule has 236 valence electrons. The molecular formula is C42H27NO6. The van der Waals surface area contributed by atoms with Gasteiger partial charge in [-0.25, -0.2) is 14.5 Å². The molecule has 0 aliphatic carbocycles. The van der Waals surface area contributed by atoms with Crippen molar-refractivity contribution in [2.45, 2.75) is 0 Å². The van der Waals surface area contributed by atoms with Gasteiger partial charge in [-0.3, -0.25) is 9.59 Å². The van der Waals surface area contributed by atoms with Gasteiger partial charge in [-0.05, 0) is 89.0 Å². The lowest BCUT2D eigenvalue weighted by Gasteiger charge is -2.18. The van der Waals surface area contributed by atoms with E-state index in [-0.39, 0.29) is 33.9 Å². The van der Waals surface area contributed by atoms with E-state index >= 15 is 0 Å². The molecule has 0 bridgehead atoms. The Morgan fingerprint density at radius 1 is 0.531 bits per heavy atom. The fourth-order valence-electron chi connectivity index (χ4n) is 5.13. The maximum atomic E-state index is 13.6. The van der Waals surface area contributed by atoms with E-state index in [9.17, 15) is 19.2 Å². The van der Waals surface area contributed by atoms with Crippen LogP contribution in [0.4, 0.5) is 5.69 Å². The second kappa shape index (κ2) is 14.6. The molecule has 6 aromatic carbocycles. The number of carbonyl (C=O) groups excluding carboxylic acids is 4. The van der Waals surface area contributed by atoms with E-state index in [2.05, 4.69) is 5.92 Å². The Balaban J connectivity index is 1.34. The number of hydrogen-bond acceptors (Lipinski definition) is 6. The number of amides is 2. The van der Waals surface area contributed by atoms with E-state index in [1.165, 1.54) is 30.3 Å². The molecule has 0 heterocycles. The molecule has 0 saturated heterocycles. The Morgan fingerprint density at radius 3 is 1.45 bits per heavy atom. The molecule has 0 N–H and O–H groups in total. The minimum atomic E-state index is -0.816. The van der Waals surface area contributed by atoms with Crippen molar-refractivity contribution >= 4 is 29.9 Å². The van der Waals surface area contributed by atoms with Crippen molar-refractivity contribution in [3.05, 3.63) is 174 Å². The highest BCUT2D eigenvalue weighted by Crippen LogP contribution is 2.28. The molecule has 7 nitrogen and oxygen atoms in total. The summed E-state index contributed by atoms with van der Waals surface area (Å²) in [6.07, 6.45) is 5.75. The third-order valence-electron chi connectivity index (χ3n) is 7.59. The van der Waals surface area contributed by atoms with Crippen LogP contribution in [0.25, 0.3) is 22.3 Å². The van der Waals surface area contributed by atoms with Gasteiger partial charge in [0, 0.05) is 11.1 Å². The molecule has 0 aromatic heterocycles. The minimum Gasteiger partial charge on any atom is -0.423 e. The molecule has 6 rings (SSSR count). The number of imide groups is 1. The first-order valence-electron chi connectivity index (χ1n) is 15.2. The molecule has 49 heavy (non-hydrogen) atoms. The topological polar surface area (TPSA) is 90.0 Å². The van der Waals surface area contributed by atoms with Crippen LogP contribution in [0.5, 0.6) is 11.5 Å². The molecule has 0 saturated carbocycles. The van der Waals surface area contributed by atoms with Crippen LogP contribution in [0.15, 0.2) is 152 Å². The Labute approximate surface area is 283 Å². The molecule has 0 aliphatic heterocycles. The fourth-order valence-corrected chi connectivity index (χ4v) is 5.13. The highest BCUT2D eigenvalue weighted by Gasteiger charge is 2.23. The third-order valence-corrected chi connectivity index (χ3v) is 7.59. The van der Waals surface area contributed by atoms with E-state index in [4.69, 9.17) is 15.9 Å². The SMILES string of the molecule is C#Cc1ccc(C(=O)N(C=O)c2cc(C(=O)Oc3cccc(-c4ccccc4)c3)cc(C(=O)Oc3cccc(-c4ccccc4)c3)c2)cc1. The van der Waals surface area contributed by atoms with E-state index in [0.29, 0.717) is 12.0 Å². The number of anilines is 1. The van der Waals surface area contributed by atoms with Crippen LogP contribution in [-0.2, 0) is 4.79 Å². The number of carbonyl (C=O) groups is 4. The summed E-state index contributed by atoms with van der Waals surface area (Å²) in [5, 5.41) is 0. The van der Waals surface area contributed by atoms with Crippen molar-refractivity contribution in [1.29, 1.82) is 0 Å². The molecule has 2 amide bonds. The summed E-state index contributed by atoms with van der Waals surface area (Å²) in [6, 6.07) is 43.2. The van der Waals surface area contributed by atoms with Crippen LogP contribution < -0.4 is 14.4 Å². The second-order valence-electron chi connectivity index (χ2n) is 10.8. The van der Waals surface area contributed by atoms with Crippen LogP contribution in [0.1, 0.15) is 36.6 Å². The summed E-state index contributed by atoms with van der Waals surface area (Å²) in [4.78, 5) is 53.8. The van der Waals surface area contributed by atoms with Gasteiger partial charge in [0.05, 0.1) is 16.8 Å². The van der Waals surface area contributed by atoms with Crippen molar-refractivity contribution in [3.63, 3.8) is 0 Å². The monoisotopic (exact) mass is 641 g/mol. The number of rotatable bonds is 9. The number of benzene rings is 6. The standard InChI is InChI=1S/C42H27NO6/c1-2-29-19-21-32(22-20-29)40(45)43(28-44)37-24-35(41(46)48-38-17-9-15-33(26-38)30-11-5-3-6-12-30)23-36(25-37)42(47)49-39-18-10-16-34(27-39)31-13-7-4-8-14-31/h1,3-28H. The van der Waals surface area contributed by atoms with E-state index < -0.39 is 17.8 Å². The summed E-state index contributed by atoms with van der Waals surface area (Å²) in [7, 11) is 0. The van der Waals surface area contributed by atoms with E-state index in [0.717, 1.165) is 27.2 Å². The smallest absolute Gasteiger partial charge is 0.343 e. The summed E-state index contributed by atoms with van der Waals surface area (Å²) in [6.45, 7) is 0. The Bertz CT molecular complexity index is 2090. The lowest BCUT2D eigenvalue weighted by Crippen LogP contribution is -2.30. The van der Waals surface area contributed by atoms with Crippen LogP contribution in [0.3, 0.4) is 0 Å².